The predicted molar refractivity (Wildman–Crippen MR) is 222 cm³/mol. The van der Waals surface area contributed by atoms with E-state index in [2.05, 4.69) is 161 Å². The SMILES string of the molecule is CC(C)c1cccc(C(C)C)c1[N]=[W]=[CH]C=C(c1ccccc1)c1ccccc1.CC(O)(C(F)(F)F)C(F)(F)F.CC(O)(C(F)(F)F)C(F)(F)F.CCP(CC)c1ccccc1. The van der Waals surface area contributed by atoms with Crippen LogP contribution in [0.5, 0.6) is 0 Å². The smallest absolute Gasteiger partial charge is 0.374 e. The Balaban J connectivity index is 0.000000480. The van der Waals surface area contributed by atoms with Gasteiger partial charge in [-0.25, -0.2) is 0 Å². The molecule has 4 aromatic carbocycles. The molecule has 4 aromatic rings. The quantitative estimate of drug-likeness (QED) is 0.130. The normalized spacial score (nSPS) is 12.3. The van der Waals surface area contributed by atoms with Crippen molar-refractivity contribution >= 4 is 28.9 Å². The topological polar surface area (TPSA) is 52.8 Å². The predicted octanol–water partition coefficient (Wildman–Crippen LogP) is 14.3. The molecular formula is C45H52F12NO2PW. The first-order chi connectivity index (χ1) is 28.5. The fraction of sp³-hybridized carbons (Fsp3) is 0.400. The molecule has 0 radical (unpaired) electrons. The van der Waals surface area contributed by atoms with E-state index in [0.717, 1.165) is 0 Å². The average molecular weight is 1080 g/mol. The molecule has 0 aliphatic rings. The number of alkyl halides is 12. The van der Waals surface area contributed by atoms with Gasteiger partial charge in [-0.1, -0.05) is 52.1 Å². The minimum Gasteiger partial charge on any atom is -0.374 e. The van der Waals surface area contributed by atoms with Crippen LogP contribution >= 0.6 is 7.92 Å². The van der Waals surface area contributed by atoms with E-state index in [9.17, 15) is 52.7 Å². The van der Waals surface area contributed by atoms with Crippen LogP contribution in [0.15, 0.2) is 119 Å². The monoisotopic (exact) mass is 1080 g/mol. The summed E-state index contributed by atoms with van der Waals surface area (Å²) in [6, 6.07) is 38.8. The van der Waals surface area contributed by atoms with Gasteiger partial charge < -0.3 is 10.2 Å². The Bertz CT molecular complexity index is 1860. The molecule has 3 nitrogen and oxygen atoms in total. The zero-order valence-electron chi connectivity index (χ0n) is 35.3. The van der Waals surface area contributed by atoms with Crippen molar-refractivity contribution in [3.05, 3.63) is 138 Å². The van der Waals surface area contributed by atoms with Gasteiger partial charge in [0.25, 0.3) is 11.2 Å². The summed E-state index contributed by atoms with van der Waals surface area (Å²) in [4.78, 5) is 0. The second kappa shape index (κ2) is 24.5. The summed E-state index contributed by atoms with van der Waals surface area (Å²) in [5, 5.41) is 17.4. The molecule has 62 heavy (non-hydrogen) atoms. The molecular weight excluding hydrogens is 1030 g/mol. The minimum atomic E-state index is -5.69. The number of allylic oxidation sites excluding steroid dienone is 1. The zero-order chi connectivity index (χ0) is 47.7. The van der Waals surface area contributed by atoms with Crippen molar-refractivity contribution < 1.29 is 80.8 Å². The van der Waals surface area contributed by atoms with Crippen molar-refractivity contribution in [1.82, 2.24) is 0 Å². The van der Waals surface area contributed by atoms with Crippen LogP contribution in [-0.4, -0.2) is 62.8 Å². The van der Waals surface area contributed by atoms with Gasteiger partial charge in [-0.2, -0.15) is 52.7 Å². The molecule has 0 aromatic heterocycles. The molecule has 0 amide bonds. The number of halogens is 12. The van der Waals surface area contributed by atoms with Crippen LogP contribution in [0.1, 0.15) is 89.5 Å². The number of aliphatic hydroxyl groups is 2. The van der Waals surface area contributed by atoms with Crippen LogP contribution in [0.2, 0.25) is 0 Å². The molecule has 0 aliphatic carbocycles. The summed E-state index contributed by atoms with van der Waals surface area (Å²) in [7, 11) is 0.149. The Morgan fingerprint density at radius 1 is 0.548 bits per heavy atom. The van der Waals surface area contributed by atoms with Crippen molar-refractivity contribution in [3.8, 4) is 0 Å². The number of rotatable bonds is 9. The van der Waals surface area contributed by atoms with Crippen molar-refractivity contribution in [2.75, 3.05) is 12.3 Å². The van der Waals surface area contributed by atoms with Gasteiger partial charge in [0.15, 0.2) is 0 Å². The van der Waals surface area contributed by atoms with Crippen LogP contribution < -0.4 is 5.30 Å². The van der Waals surface area contributed by atoms with Gasteiger partial charge in [-0.3, -0.25) is 0 Å². The van der Waals surface area contributed by atoms with Crippen LogP contribution in [0, 0.1) is 0 Å². The van der Waals surface area contributed by atoms with Gasteiger partial charge in [0.2, 0.25) is 0 Å². The van der Waals surface area contributed by atoms with E-state index < -0.39 is 53.8 Å². The molecule has 0 aliphatic heterocycles. The maximum Gasteiger partial charge on any atom is 0.425 e. The van der Waals surface area contributed by atoms with Gasteiger partial charge in [0.1, 0.15) is 0 Å². The number of benzene rings is 4. The Morgan fingerprint density at radius 3 is 1.15 bits per heavy atom. The maximum atomic E-state index is 11.4. The Hall–Kier alpha value is -3.51. The number of hydrogen-bond acceptors (Lipinski definition) is 3. The van der Waals surface area contributed by atoms with Crippen LogP contribution in [0.3, 0.4) is 0 Å². The van der Waals surface area contributed by atoms with Crippen molar-refractivity contribution in [2.24, 2.45) is 3.50 Å². The molecule has 0 saturated heterocycles. The van der Waals surface area contributed by atoms with Gasteiger partial charge >= 0.3 is 209 Å². The molecule has 17 heteroatoms. The molecule has 2 N–H and O–H groups in total. The van der Waals surface area contributed by atoms with Gasteiger partial charge in [-0.05, 0) is 31.5 Å². The Kier molecular flexibility index (Phi) is 22.4. The van der Waals surface area contributed by atoms with E-state index in [0.29, 0.717) is 11.8 Å². The summed E-state index contributed by atoms with van der Waals surface area (Å²) in [6.07, 6.45) is -17.8. The fourth-order valence-electron chi connectivity index (χ4n) is 4.94. The van der Waals surface area contributed by atoms with E-state index in [1.165, 1.54) is 45.8 Å². The summed E-state index contributed by atoms with van der Waals surface area (Å²) in [6.45, 7) is 12.9. The summed E-state index contributed by atoms with van der Waals surface area (Å²) >= 11 is -1.00. The molecule has 4 rings (SSSR count). The fourth-order valence-corrected chi connectivity index (χ4v) is 8.78. The Labute approximate surface area is 364 Å². The van der Waals surface area contributed by atoms with Crippen molar-refractivity contribution in [2.45, 2.75) is 103 Å². The van der Waals surface area contributed by atoms with Crippen LogP contribution in [-0.2, 0) is 17.9 Å². The average Bonchev–Trinajstić information content (AvgIpc) is 3.18. The Morgan fingerprint density at radius 2 is 0.871 bits per heavy atom. The molecule has 0 bridgehead atoms. The van der Waals surface area contributed by atoms with Gasteiger partial charge in [0.05, 0.1) is 0 Å². The first-order valence-corrected chi connectivity index (χ1v) is 23.8. The molecule has 0 spiro atoms. The van der Waals surface area contributed by atoms with Crippen molar-refractivity contribution in [3.63, 3.8) is 0 Å². The third-order valence-corrected chi connectivity index (χ3v) is 13.6. The van der Waals surface area contributed by atoms with Crippen molar-refractivity contribution in [1.29, 1.82) is 0 Å². The second-order valence-electron chi connectivity index (χ2n) is 14.4. The van der Waals surface area contributed by atoms with Gasteiger partial charge in [0, 0.05) is 0 Å². The number of hydrogen-bond donors (Lipinski definition) is 2. The number of nitrogens with zero attached hydrogens (tertiary/aromatic N) is 1. The molecule has 344 valence electrons. The van der Waals surface area contributed by atoms with Gasteiger partial charge in [-0.15, -0.1) is 0 Å². The molecule has 0 saturated carbocycles. The summed E-state index contributed by atoms with van der Waals surface area (Å²) in [5.74, 6) is 0.983. The van der Waals surface area contributed by atoms with E-state index in [1.54, 1.807) is 5.30 Å². The third kappa shape index (κ3) is 16.9. The molecule has 0 fully saturated rings. The van der Waals surface area contributed by atoms with E-state index in [1.807, 2.05) is 0 Å². The first kappa shape index (κ1) is 56.5. The summed E-state index contributed by atoms with van der Waals surface area (Å²) < 4.78 is 144. The second-order valence-corrected chi connectivity index (χ2v) is 19.6. The third-order valence-electron chi connectivity index (χ3n) is 9.04. The van der Waals surface area contributed by atoms with E-state index >= 15 is 0 Å². The largest absolute Gasteiger partial charge is 0.425 e. The van der Waals surface area contributed by atoms with E-state index in [4.69, 9.17) is 13.7 Å². The standard InChI is InChI=1S/C15H12.C12H17N.C10H15P.2C4H4F6O.W/c1-2-15(13-9-5-3-6-10-13)14-11-7-4-8-12-14;1-8(2)10-6-5-7-11(9(3)4)12(10)13;1-3-11(4-2)10-8-6-5-7-9-10;2*1-2(11,3(5,6)7)4(8,9)10;/h1-12H;5-9H,1-4H3;5-9H,3-4H2,1-2H3;2*11H,1H3;. The molecule has 0 atom stereocenters. The molecule has 0 heterocycles. The maximum absolute atomic E-state index is 11.4. The molecule has 0 unspecified atom stereocenters. The van der Waals surface area contributed by atoms with Crippen LogP contribution in [0.4, 0.5) is 58.4 Å². The zero-order valence-corrected chi connectivity index (χ0v) is 39.2. The minimum absolute atomic E-state index is 0.149. The summed E-state index contributed by atoms with van der Waals surface area (Å²) in [5.41, 5.74) is -1.49. The van der Waals surface area contributed by atoms with Crippen LogP contribution in [0.25, 0.3) is 5.57 Å². The first-order valence-electron chi connectivity index (χ1n) is 19.1. The van der Waals surface area contributed by atoms with E-state index in [-0.39, 0.29) is 21.8 Å².